The van der Waals surface area contributed by atoms with Gasteiger partial charge in [-0.3, -0.25) is 4.79 Å². The molecule has 0 atom stereocenters. The Morgan fingerprint density at radius 2 is 2.03 bits per heavy atom. The monoisotopic (exact) mass is 424 g/mol. The van der Waals surface area contributed by atoms with Gasteiger partial charge in [0.2, 0.25) is 5.91 Å². The molecular formula is C21H18ClFN6O. The maximum absolute atomic E-state index is 13.5. The third kappa shape index (κ3) is 4.11. The number of amides is 1. The molecule has 1 aliphatic heterocycles. The highest BCUT2D eigenvalue weighted by Crippen LogP contribution is 2.35. The number of carbonyl (C=O) groups excluding carboxylic acids is 1. The molecule has 1 aliphatic rings. The number of rotatable bonds is 5. The van der Waals surface area contributed by atoms with Crippen molar-refractivity contribution in [3.63, 3.8) is 0 Å². The number of nitrogens with one attached hydrogen (secondary N) is 2. The second-order valence-corrected chi connectivity index (χ2v) is 7.35. The van der Waals surface area contributed by atoms with Crippen LogP contribution in [0.1, 0.15) is 19.3 Å². The molecule has 1 fully saturated rings. The van der Waals surface area contributed by atoms with E-state index in [0.29, 0.717) is 28.1 Å². The Labute approximate surface area is 177 Å². The number of nitrogens with zero attached hydrogens (tertiary/aromatic N) is 4. The topological polar surface area (TPSA) is 93.9 Å². The van der Waals surface area contributed by atoms with Crippen LogP contribution in [0.25, 0.3) is 10.9 Å². The number of hydrogen-bond acceptors (Lipinski definition) is 6. The fraction of sp³-hybridized carbons (Fsp3) is 0.238. The normalized spacial score (nSPS) is 13.3. The molecule has 0 bridgehead atoms. The third-order valence-electron chi connectivity index (χ3n) is 4.90. The second kappa shape index (κ2) is 8.51. The molecule has 4 rings (SSSR count). The molecule has 1 aromatic heterocycles. The third-order valence-corrected chi connectivity index (χ3v) is 5.19. The van der Waals surface area contributed by atoms with Crippen molar-refractivity contribution >= 4 is 51.3 Å². The van der Waals surface area contributed by atoms with Crippen LogP contribution in [0.2, 0.25) is 5.02 Å². The van der Waals surface area contributed by atoms with Crippen molar-refractivity contribution in [3.05, 3.63) is 47.5 Å². The lowest BCUT2D eigenvalue weighted by molar-refractivity contribution is -0.115. The van der Waals surface area contributed by atoms with E-state index in [1.807, 2.05) is 12.1 Å². The fourth-order valence-corrected chi connectivity index (χ4v) is 3.67. The minimum Gasteiger partial charge on any atom is -0.370 e. The van der Waals surface area contributed by atoms with Crippen LogP contribution in [0.5, 0.6) is 0 Å². The molecule has 0 radical (unpaired) electrons. The smallest absolute Gasteiger partial charge is 0.238 e. The van der Waals surface area contributed by atoms with Crippen LogP contribution in [-0.2, 0) is 4.79 Å². The molecule has 2 heterocycles. The van der Waals surface area contributed by atoms with Gasteiger partial charge < -0.3 is 15.5 Å². The molecule has 0 unspecified atom stereocenters. The van der Waals surface area contributed by atoms with Crippen molar-refractivity contribution in [2.24, 2.45) is 0 Å². The van der Waals surface area contributed by atoms with Crippen molar-refractivity contribution in [1.82, 2.24) is 9.97 Å². The molecule has 3 aromatic rings. The zero-order valence-corrected chi connectivity index (χ0v) is 16.7. The summed E-state index contributed by atoms with van der Waals surface area (Å²) in [6, 6.07) is 9.87. The zero-order chi connectivity index (χ0) is 21.1. The van der Waals surface area contributed by atoms with E-state index in [0.717, 1.165) is 31.6 Å². The molecule has 0 aliphatic carbocycles. The van der Waals surface area contributed by atoms with Crippen molar-refractivity contribution in [3.8, 4) is 6.07 Å². The number of halogens is 2. The summed E-state index contributed by atoms with van der Waals surface area (Å²) in [5.74, 6) is -0.395. The molecule has 1 amide bonds. The van der Waals surface area contributed by atoms with Crippen molar-refractivity contribution in [2.45, 2.75) is 19.3 Å². The summed E-state index contributed by atoms with van der Waals surface area (Å²) in [4.78, 5) is 23.0. The predicted octanol–water partition coefficient (Wildman–Crippen LogP) is 4.62. The summed E-state index contributed by atoms with van der Waals surface area (Å²) in [5.41, 5.74) is 2.72. The first kappa shape index (κ1) is 19.9. The Morgan fingerprint density at radius 1 is 1.23 bits per heavy atom. The summed E-state index contributed by atoms with van der Waals surface area (Å²) < 4.78 is 13.5. The van der Waals surface area contributed by atoms with Gasteiger partial charge in [0.25, 0.3) is 0 Å². The summed E-state index contributed by atoms with van der Waals surface area (Å²) in [6.45, 7) is 1.77. The van der Waals surface area contributed by atoms with E-state index in [1.54, 1.807) is 12.1 Å². The highest BCUT2D eigenvalue weighted by molar-refractivity contribution is 6.31. The number of hydrogen-bond donors (Lipinski definition) is 2. The first-order valence-electron chi connectivity index (χ1n) is 9.48. The Morgan fingerprint density at radius 3 is 2.77 bits per heavy atom. The summed E-state index contributed by atoms with van der Waals surface area (Å²) in [5, 5.41) is 15.5. The largest absolute Gasteiger partial charge is 0.370 e. The Balaban J connectivity index is 1.77. The number of anilines is 4. The van der Waals surface area contributed by atoms with Crippen molar-refractivity contribution in [2.75, 3.05) is 28.6 Å². The van der Waals surface area contributed by atoms with Gasteiger partial charge in [0, 0.05) is 24.2 Å². The highest BCUT2D eigenvalue weighted by atomic mass is 35.5. The lowest BCUT2D eigenvalue weighted by atomic mass is 10.1. The van der Waals surface area contributed by atoms with Crippen LogP contribution >= 0.6 is 11.6 Å². The van der Waals surface area contributed by atoms with E-state index in [2.05, 4.69) is 25.5 Å². The van der Waals surface area contributed by atoms with Crippen molar-refractivity contribution in [1.29, 1.82) is 5.26 Å². The molecule has 30 heavy (non-hydrogen) atoms. The van der Waals surface area contributed by atoms with Gasteiger partial charge in [0.15, 0.2) is 0 Å². The standard InChI is InChI=1S/C21H18ClFN6O/c22-15-9-13(3-4-16(15)23)27-21-14-10-18(28-20(30)5-6-24)19(29-7-1-2-8-29)11-17(14)25-12-26-21/h3-4,9-12H,1-2,5,7-8H2,(H,28,30)(H,25,26,27). The molecular weight excluding hydrogens is 407 g/mol. The van der Waals surface area contributed by atoms with Crippen LogP contribution in [0.15, 0.2) is 36.7 Å². The van der Waals surface area contributed by atoms with E-state index in [1.165, 1.54) is 18.5 Å². The molecule has 7 nitrogen and oxygen atoms in total. The van der Waals surface area contributed by atoms with Gasteiger partial charge in [-0.25, -0.2) is 14.4 Å². The maximum atomic E-state index is 13.5. The van der Waals surface area contributed by atoms with Crippen molar-refractivity contribution < 1.29 is 9.18 Å². The van der Waals surface area contributed by atoms with Gasteiger partial charge in [-0.05, 0) is 43.2 Å². The zero-order valence-electron chi connectivity index (χ0n) is 16.0. The second-order valence-electron chi connectivity index (χ2n) is 6.94. The first-order valence-corrected chi connectivity index (χ1v) is 9.85. The van der Waals surface area contributed by atoms with Gasteiger partial charge in [0.1, 0.15) is 24.4 Å². The van der Waals surface area contributed by atoms with E-state index in [-0.39, 0.29) is 17.4 Å². The van der Waals surface area contributed by atoms with Crippen LogP contribution in [0.4, 0.5) is 27.3 Å². The minimum atomic E-state index is -0.507. The number of benzene rings is 2. The van der Waals surface area contributed by atoms with E-state index < -0.39 is 5.82 Å². The number of nitriles is 1. The van der Waals surface area contributed by atoms with E-state index in [4.69, 9.17) is 16.9 Å². The fourth-order valence-electron chi connectivity index (χ4n) is 3.49. The highest BCUT2D eigenvalue weighted by Gasteiger charge is 2.19. The van der Waals surface area contributed by atoms with Gasteiger partial charge in [-0.15, -0.1) is 0 Å². The van der Waals surface area contributed by atoms with Gasteiger partial charge >= 0.3 is 0 Å². The number of fused-ring (bicyclic) bond motifs is 1. The van der Waals surface area contributed by atoms with E-state index in [9.17, 15) is 9.18 Å². The lowest BCUT2D eigenvalue weighted by Crippen LogP contribution is -2.21. The minimum absolute atomic E-state index is 0.000799. The first-order chi connectivity index (χ1) is 14.5. The number of aromatic nitrogens is 2. The average molecular weight is 425 g/mol. The summed E-state index contributed by atoms with van der Waals surface area (Å²) in [6.07, 6.45) is 3.36. The van der Waals surface area contributed by atoms with Crippen LogP contribution in [0, 0.1) is 17.1 Å². The molecule has 2 aromatic carbocycles. The van der Waals surface area contributed by atoms with Crippen LogP contribution < -0.4 is 15.5 Å². The van der Waals surface area contributed by atoms with Crippen LogP contribution in [-0.4, -0.2) is 29.0 Å². The summed E-state index contributed by atoms with van der Waals surface area (Å²) >= 11 is 5.88. The number of carbonyl (C=O) groups is 1. The Hall–Kier alpha value is -3.44. The van der Waals surface area contributed by atoms with Gasteiger partial charge in [-0.1, -0.05) is 11.6 Å². The molecule has 2 N–H and O–H groups in total. The van der Waals surface area contributed by atoms with Gasteiger partial charge in [-0.2, -0.15) is 5.26 Å². The van der Waals surface area contributed by atoms with Gasteiger partial charge in [0.05, 0.1) is 28.0 Å². The quantitative estimate of drug-likeness (QED) is 0.620. The average Bonchev–Trinajstić information content (AvgIpc) is 3.25. The Bertz CT molecular complexity index is 1160. The van der Waals surface area contributed by atoms with E-state index >= 15 is 0 Å². The molecule has 9 heteroatoms. The maximum Gasteiger partial charge on any atom is 0.238 e. The Kier molecular flexibility index (Phi) is 5.63. The molecule has 0 spiro atoms. The lowest BCUT2D eigenvalue weighted by Gasteiger charge is -2.22. The van der Waals surface area contributed by atoms with Crippen LogP contribution in [0.3, 0.4) is 0 Å². The predicted molar refractivity (Wildman–Crippen MR) is 115 cm³/mol. The molecule has 1 saturated heterocycles. The SMILES string of the molecule is N#CCC(=O)Nc1cc2c(Nc3ccc(F)c(Cl)c3)ncnc2cc1N1CCCC1. The molecule has 0 saturated carbocycles. The summed E-state index contributed by atoms with van der Waals surface area (Å²) in [7, 11) is 0. The molecule has 152 valence electrons.